The van der Waals surface area contributed by atoms with Gasteiger partial charge in [0.05, 0.1) is 38.8 Å². The van der Waals surface area contributed by atoms with Crippen molar-refractivity contribution in [3.63, 3.8) is 0 Å². The second kappa shape index (κ2) is 7.33. The van der Waals surface area contributed by atoms with Crippen LogP contribution in [0, 0.1) is 12.3 Å². The van der Waals surface area contributed by atoms with Crippen molar-refractivity contribution in [1.82, 2.24) is 20.0 Å². The normalized spacial score (nSPS) is 15.1. The molecule has 1 aliphatic heterocycles. The monoisotopic (exact) mass is 399 g/mol. The zero-order valence-corrected chi connectivity index (χ0v) is 16.7. The number of hydrogen-bond acceptors (Lipinski definition) is 7. The van der Waals surface area contributed by atoms with Crippen LogP contribution in [-0.4, -0.2) is 46.2 Å². The summed E-state index contributed by atoms with van der Waals surface area (Å²) in [7, 11) is 1.63. The second-order valence-electron chi connectivity index (χ2n) is 7.30. The van der Waals surface area contributed by atoms with E-state index in [2.05, 4.69) is 27.5 Å². The maximum absolute atomic E-state index is 12.5. The predicted octanol–water partition coefficient (Wildman–Crippen LogP) is 3.01. The first-order chi connectivity index (χ1) is 13.5. The van der Waals surface area contributed by atoms with Gasteiger partial charge >= 0.3 is 0 Å². The molecule has 0 bridgehead atoms. The molecule has 2 aromatic heterocycles. The molecule has 4 rings (SSSR count). The summed E-state index contributed by atoms with van der Waals surface area (Å²) >= 11 is 1.35. The molecule has 0 atom stereocenters. The van der Waals surface area contributed by atoms with Gasteiger partial charge in [-0.15, -0.1) is 16.4 Å². The molecule has 0 radical (unpaired) electrons. The van der Waals surface area contributed by atoms with Gasteiger partial charge in [0.2, 0.25) is 0 Å². The molecule has 9 heteroatoms. The van der Waals surface area contributed by atoms with E-state index in [9.17, 15) is 4.79 Å². The molecule has 1 amide bonds. The fourth-order valence-corrected chi connectivity index (χ4v) is 3.76. The molecule has 0 saturated carbocycles. The van der Waals surface area contributed by atoms with Gasteiger partial charge in [-0.1, -0.05) is 23.8 Å². The van der Waals surface area contributed by atoms with Crippen LogP contribution in [0.5, 0.6) is 5.75 Å². The van der Waals surface area contributed by atoms with Crippen molar-refractivity contribution in [2.75, 3.05) is 25.6 Å². The van der Waals surface area contributed by atoms with Gasteiger partial charge in [-0.3, -0.25) is 14.8 Å². The lowest BCUT2D eigenvalue weighted by Gasteiger charge is -2.37. The first-order valence-electron chi connectivity index (χ1n) is 8.85. The number of aryl methyl sites for hydroxylation is 1. The Kier molecular flexibility index (Phi) is 4.86. The van der Waals surface area contributed by atoms with Crippen molar-refractivity contribution in [3.05, 3.63) is 41.0 Å². The number of amides is 1. The molecule has 1 N–H and O–H groups in total. The van der Waals surface area contributed by atoms with Crippen LogP contribution in [0.3, 0.4) is 0 Å². The van der Waals surface area contributed by atoms with Crippen LogP contribution in [0.25, 0.3) is 11.3 Å². The molecule has 8 nitrogen and oxygen atoms in total. The van der Waals surface area contributed by atoms with Gasteiger partial charge in [-0.05, 0) is 19.1 Å². The lowest BCUT2D eigenvalue weighted by Crippen LogP contribution is -2.43. The largest absolute Gasteiger partial charge is 0.496 e. The number of carbonyl (C=O) groups is 1. The third-order valence-electron chi connectivity index (χ3n) is 4.57. The van der Waals surface area contributed by atoms with Crippen LogP contribution in [0.2, 0.25) is 0 Å². The fourth-order valence-electron chi connectivity index (χ4n) is 3.05. The van der Waals surface area contributed by atoms with E-state index in [1.807, 2.05) is 30.5 Å². The number of thiazole rings is 1. The summed E-state index contributed by atoms with van der Waals surface area (Å²) in [5.74, 6) is 0.406. The van der Waals surface area contributed by atoms with Crippen LogP contribution >= 0.6 is 11.3 Å². The van der Waals surface area contributed by atoms with E-state index in [0.717, 1.165) is 22.6 Å². The molecule has 28 heavy (non-hydrogen) atoms. The predicted molar refractivity (Wildman–Crippen MR) is 106 cm³/mol. The summed E-state index contributed by atoms with van der Waals surface area (Å²) in [6, 6.07) is 5.90. The fraction of sp³-hybridized carbons (Fsp3) is 0.368. The van der Waals surface area contributed by atoms with E-state index in [1.165, 1.54) is 11.3 Å². The Balaban J connectivity index is 1.46. The molecular weight excluding hydrogens is 378 g/mol. The molecule has 1 fully saturated rings. The lowest BCUT2D eigenvalue weighted by molar-refractivity contribution is -0.111. The lowest BCUT2D eigenvalue weighted by atomic mass is 9.89. The maximum atomic E-state index is 12.5. The molecule has 0 unspecified atom stereocenters. The van der Waals surface area contributed by atoms with Crippen molar-refractivity contribution in [3.8, 4) is 17.0 Å². The molecule has 3 aromatic rings. The van der Waals surface area contributed by atoms with E-state index >= 15 is 0 Å². The quantitative estimate of drug-likeness (QED) is 0.685. The smallest absolute Gasteiger partial charge is 0.279 e. The van der Waals surface area contributed by atoms with Crippen LogP contribution < -0.4 is 10.1 Å². The van der Waals surface area contributed by atoms with Gasteiger partial charge in [0, 0.05) is 16.4 Å². The highest BCUT2D eigenvalue weighted by atomic mass is 32.1. The van der Waals surface area contributed by atoms with E-state index in [0.29, 0.717) is 24.9 Å². The summed E-state index contributed by atoms with van der Waals surface area (Å²) in [6.45, 7) is 6.19. The Labute approximate surface area is 166 Å². The van der Waals surface area contributed by atoms with Crippen LogP contribution in [-0.2, 0) is 11.3 Å². The first-order valence-corrected chi connectivity index (χ1v) is 9.73. The minimum Gasteiger partial charge on any atom is -0.496 e. The Morgan fingerprint density at radius 3 is 2.96 bits per heavy atom. The number of aromatic nitrogens is 4. The highest BCUT2D eigenvalue weighted by Gasteiger charge is 2.34. The number of hydrogen-bond donors (Lipinski definition) is 1. The van der Waals surface area contributed by atoms with E-state index < -0.39 is 0 Å². The van der Waals surface area contributed by atoms with E-state index in [4.69, 9.17) is 9.47 Å². The average molecular weight is 399 g/mol. The summed E-state index contributed by atoms with van der Waals surface area (Å²) in [6.07, 6.45) is 1.65. The second-order valence-corrected chi connectivity index (χ2v) is 8.16. The summed E-state index contributed by atoms with van der Waals surface area (Å²) < 4.78 is 12.4. The average Bonchev–Trinajstić information content (AvgIpc) is 3.30. The first kappa shape index (κ1) is 18.6. The number of methoxy groups -OCH3 is 1. The molecule has 146 valence electrons. The number of carbonyl (C=O) groups excluding carboxylic acids is 1. The van der Waals surface area contributed by atoms with Crippen molar-refractivity contribution in [2.24, 2.45) is 5.41 Å². The van der Waals surface area contributed by atoms with Crippen molar-refractivity contribution < 1.29 is 14.3 Å². The van der Waals surface area contributed by atoms with Crippen LogP contribution in [0.15, 0.2) is 29.8 Å². The number of anilines is 1. The minimum atomic E-state index is -0.335. The molecule has 1 aromatic carbocycles. The molecular formula is C19H21N5O3S. The minimum absolute atomic E-state index is 0.0541. The van der Waals surface area contributed by atoms with Gasteiger partial charge in [0.25, 0.3) is 5.91 Å². The molecule has 0 aliphatic carbocycles. The van der Waals surface area contributed by atoms with Crippen molar-refractivity contribution >= 4 is 22.4 Å². The highest BCUT2D eigenvalue weighted by Crippen LogP contribution is 2.33. The Morgan fingerprint density at radius 1 is 1.43 bits per heavy atom. The topological polar surface area (TPSA) is 91.2 Å². The van der Waals surface area contributed by atoms with Crippen molar-refractivity contribution in [2.45, 2.75) is 20.4 Å². The molecule has 1 aliphatic rings. The SMILES string of the molecule is COc1ccc(C)cc1-c1csc(NC(=O)c2cn(CC3(C)COC3)nn2)n1. The number of rotatable bonds is 6. The van der Waals surface area contributed by atoms with E-state index in [-0.39, 0.29) is 17.0 Å². The molecule has 3 heterocycles. The standard InChI is InChI=1S/C19H21N5O3S/c1-12-4-5-16(26-3)13(6-12)15-8-28-18(20-15)21-17(25)14-7-24(23-22-14)9-19(2)10-27-11-19/h4-8H,9-11H2,1-3H3,(H,20,21,25). The zero-order chi connectivity index (χ0) is 19.7. The van der Waals surface area contributed by atoms with Crippen LogP contribution in [0.4, 0.5) is 5.13 Å². The number of benzene rings is 1. The van der Waals surface area contributed by atoms with Crippen LogP contribution in [0.1, 0.15) is 23.0 Å². The van der Waals surface area contributed by atoms with E-state index in [1.54, 1.807) is 18.0 Å². The van der Waals surface area contributed by atoms with Gasteiger partial charge < -0.3 is 9.47 Å². The van der Waals surface area contributed by atoms with Gasteiger partial charge in [-0.25, -0.2) is 4.98 Å². The van der Waals surface area contributed by atoms with Gasteiger partial charge in [0.15, 0.2) is 10.8 Å². The molecule has 1 saturated heterocycles. The summed E-state index contributed by atoms with van der Waals surface area (Å²) in [4.78, 5) is 17.0. The molecule has 0 spiro atoms. The Hall–Kier alpha value is -2.78. The third-order valence-corrected chi connectivity index (χ3v) is 5.33. The Morgan fingerprint density at radius 2 is 2.25 bits per heavy atom. The third kappa shape index (κ3) is 3.76. The van der Waals surface area contributed by atoms with Gasteiger partial charge in [0.1, 0.15) is 5.75 Å². The number of ether oxygens (including phenoxy) is 2. The van der Waals surface area contributed by atoms with Crippen molar-refractivity contribution in [1.29, 1.82) is 0 Å². The Bertz CT molecular complexity index is 1010. The number of nitrogens with one attached hydrogen (secondary N) is 1. The maximum Gasteiger partial charge on any atom is 0.279 e. The highest BCUT2D eigenvalue weighted by molar-refractivity contribution is 7.14. The summed E-state index contributed by atoms with van der Waals surface area (Å²) in [5, 5.41) is 13.2. The number of nitrogens with zero attached hydrogens (tertiary/aromatic N) is 4. The summed E-state index contributed by atoms with van der Waals surface area (Å²) in [5.41, 5.74) is 3.06. The zero-order valence-electron chi connectivity index (χ0n) is 15.9. The van der Waals surface area contributed by atoms with Gasteiger partial charge in [-0.2, -0.15) is 0 Å².